The second kappa shape index (κ2) is 6.32. The quantitative estimate of drug-likeness (QED) is 0.852. The Morgan fingerprint density at radius 1 is 1.50 bits per heavy atom. The highest BCUT2D eigenvalue weighted by atomic mass is 35.5. The summed E-state index contributed by atoms with van der Waals surface area (Å²) < 4.78 is 12.9. The number of nitrogens with zero attached hydrogens (tertiary/aromatic N) is 4. The van der Waals surface area contributed by atoms with E-state index in [0.29, 0.717) is 22.3 Å². The summed E-state index contributed by atoms with van der Waals surface area (Å²) in [5, 5.41) is 12.3. The second-order valence-electron chi connectivity index (χ2n) is 4.59. The minimum Gasteiger partial charge on any atom is -0.398 e. The van der Waals surface area contributed by atoms with Crippen molar-refractivity contribution in [1.29, 1.82) is 0 Å². The Hall–Kier alpha value is -1.47. The standard InChI is InChI=1S/C12H16ClN5OS/c1-8(5-6-20(2)19)18-12(15-16-17-18)10-4-3-9(13)7-11(10)14/h3-4,7-8H,5-6,14H2,1-2H3. The largest absolute Gasteiger partial charge is 0.398 e. The average Bonchev–Trinajstić information content (AvgIpc) is 2.85. The third-order valence-corrected chi connectivity index (χ3v) is 4.03. The molecule has 20 heavy (non-hydrogen) atoms. The molecule has 0 amide bonds. The molecule has 0 spiro atoms. The van der Waals surface area contributed by atoms with Crippen molar-refractivity contribution in [2.24, 2.45) is 0 Å². The number of hydrogen-bond donors (Lipinski definition) is 1. The van der Waals surface area contributed by atoms with Crippen LogP contribution in [0.15, 0.2) is 18.2 Å². The summed E-state index contributed by atoms with van der Waals surface area (Å²) in [6.07, 6.45) is 2.42. The van der Waals surface area contributed by atoms with Crippen molar-refractivity contribution < 1.29 is 4.21 Å². The molecule has 0 aliphatic rings. The summed E-state index contributed by atoms with van der Waals surface area (Å²) in [6.45, 7) is 1.98. The van der Waals surface area contributed by atoms with Crippen molar-refractivity contribution in [1.82, 2.24) is 20.2 Å². The molecule has 1 heterocycles. The Bertz CT molecular complexity index is 630. The Morgan fingerprint density at radius 3 is 2.90 bits per heavy atom. The molecule has 8 heteroatoms. The molecule has 0 aliphatic carbocycles. The van der Waals surface area contributed by atoms with Gasteiger partial charge in [0.25, 0.3) is 0 Å². The number of halogens is 1. The Kier molecular flexibility index (Phi) is 4.72. The van der Waals surface area contributed by atoms with Crippen LogP contribution in [0.3, 0.4) is 0 Å². The third-order valence-electron chi connectivity index (χ3n) is 2.99. The van der Waals surface area contributed by atoms with Gasteiger partial charge in [0.2, 0.25) is 0 Å². The molecule has 0 radical (unpaired) electrons. The van der Waals surface area contributed by atoms with Gasteiger partial charge in [-0.1, -0.05) is 11.6 Å². The fourth-order valence-electron chi connectivity index (χ4n) is 1.86. The molecule has 0 saturated carbocycles. The predicted molar refractivity (Wildman–Crippen MR) is 80.9 cm³/mol. The predicted octanol–water partition coefficient (Wildman–Crippen LogP) is 1.91. The number of hydrogen-bond acceptors (Lipinski definition) is 5. The van der Waals surface area contributed by atoms with Gasteiger partial charge in [-0.2, -0.15) is 0 Å². The zero-order valence-corrected chi connectivity index (χ0v) is 12.9. The fourth-order valence-corrected chi connectivity index (χ4v) is 2.72. The van der Waals surface area contributed by atoms with Gasteiger partial charge in [-0.15, -0.1) is 5.10 Å². The molecule has 2 atom stereocenters. The van der Waals surface area contributed by atoms with E-state index >= 15 is 0 Å². The lowest BCUT2D eigenvalue weighted by Gasteiger charge is -2.13. The van der Waals surface area contributed by atoms with Gasteiger partial charge in [-0.25, -0.2) is 4.68 Å². The lowest BCUT2D eigenvalue weighted by Crippen LogP contribution is -2.12. The molecule has 2 N–H and O–H groups in total. The maximum Gasteiger partial charge on any atom is 0.184 e. The highest BCUT2D eigenvalue weighted by Gasteiger charge is 2.17. The van der Waals surface area contributed by atoms with Crippen LogP contribution in [-0.4, -0.2) is 36.4 Å². The van der Waals surface area contributed by atoms with E-state index < -0.39 is 10.8 Å². The van der Waals surface area contributed by atoms with E-state index in [9.17, 15) is 4.21 Å². The first-order valence-electron chi connectivity index (χ1n) is 6.12. The smallest absolute Gasteiger partial charge is 0.184 e. The summed E-state index contributed by atoms with van der Waals surface area (Å²) >= 11 is 5.89. The molecular formula is C12H16ClN5OS. The summed E-state index contributed by atoms with van der Waals surface area (Å²) in [6, 6.07) is 5.25. The summed E-state index contributed by atoms with van der Waals surface area (Å²) in [5.41, 5.74) is 7.23. The lowest BCUT2D eigenvalue weighted by molar-refractivity contribution is 0.470. The van der Waals surface area contributed by atoms with Crippen LogP contribution in [0.4, 0.5) is 5.69 Å². The molecule has 1 aromatic carbocycles. The van der Waals surface area contributed by atoms with Crippen LogP contribution in [0, 0.1) is 0 Å². The number of benzene rings is 1. The van der Waals surface area contributed by atoms with E-state index in [4.69, 9.17) is 17.3 Å². The van der Waals surface area contributed by atoms with E-state index in [1.165, 1.54) is 0 Å². The number of nitrogens with two attached hydrogens (primary N) is 1. The van der Waals surface area contributed by atoms with E-state index in [0.717, 1.165) is 12.0 Å². The maximum atomic E-state index is 11.2. The van der Waals surface area contributed by atoms with Crippen molar-refractivity contribution in [2.75, 3.05) is 17.7 Å². The summed E-state index contributed by atoms with van der Waals surface area (Å²) in [5.74, 6) is 1.20. The van der Waals surface area contributed by atoms with Gasteiger partial charge >= 0.3 is 0 Å². The molecule has 6 nitrogen and oxygen atoms in total. The highest BCUT2D eigenvalue weighted by Crippen LogP contribution is 2.28. The van der Waals surface area contributed by atoms with Gasteiger partial charge in [-0.05, 0) is 42.0 Å². The van der Waals surface area contributed by atoms with Crippen LogP contribution in [0.1, 0.15) is 19.4 Å². The number of tetrazole rings is 1. The molecule has 0 fully saturated rings. The van der Waals surface area contributed by atoms with Crippen LogP contribution in [0.25, 0.3) is 11.4 Å². The Morgan fingerprint density at radius 2 is 2.25 bits per heavy atom. The molecule has 0 aliphatic heterocycles. The lowest BCUT2D eigenvalue weighted by atomic mass is 10.1. The molecular weight excluding hydrogens is 298 g/mol. The Labute approximate surface area is 124 Å². The van der Waals surface area contributed by atoms with Crippen molar-refractivity contribution in [3.63, 3.8) is 0 Å². The summed E-state index contributed by atoms with van der Waals surface area (Å²) in [7, 11) is -0.830. The minimum atomic E-state index is -0.830. The first-order chi connectivity index (χ1) is 9.49. The first-order valence-corrected chi connectivity index (χ1v) is 8.23. The number of nitrogen functional groups attached to an aromatic ring is 1. The molecule has 0 bridgehead atoms. The van der Waals surface area contributed by atoms with Crippen LogP contribution in [0.2, 0.25) is 5.02 Å². The molecule has 2 unspecified atom stereocenters. The molecule has 108 valence electrons. The van der Waals surface area contributed by atoms with Crippen LogP contribution < -0.4 is 5.73 Å². The fraction of sp³-hybridized carbons (Fsp3) is 0.417. The summed E-state index contributed by atoms with van der Waals surface area (Å²) in [4.78, 5) is 0. The van der Waals surface area contributed by atoms with Crippen LogP contribution in [-0.2, 0) is 10.8 Å². The number of anilines is 1. The van der Waals surface area contributed by atoms with Crippen molar-refractivity contribution in [2.45, 2.75) is 19.4 Å². The van der Waals surface area contributed by atoms with E-state index in [1.54, 1.807) is 29.1 Å². The topological polar surface area (TPSA) is 86.7 Å². The number of rotatable bonds is 5. The van der Waals surface area contributed by atoms with Crippen LogP contribution in [0.5, 0.6) is 0 Å². The van der Waals surface area contributed by atoms with E-state index in [1.807, 2.05) is 6.92 Å². The van der Waals surface area contributed by atoms with Gasteiger partial charge in [0.1, 0.15) is 0 Å². The SMILES string of the molecule is CC(CCS(C)=O)n1nnnc1-c1ccc(Cl)cc1N. The molecule has 0 saturated heterocycles. The minimum absolute atomic E-state index is 0.0407. The normalized spacial score (nSPS) is 14.2. The van der Waals surface area contributed by atoms with Crippen molar-refractivity contribution in [3.05, 3.63) is 23.2 Å². The highest BCUT2D eigenvalue weighted by molar-refractivity contribution is 7.84. The monoisotopic (exact) mass is 313 g/mol. The second-order valence-corrected chi connectivity index (χ2v) is 6.58. The van der Waals surface area contributed by atoms with E-state index in [-0.39, 0.29) is 6.04 Å². The van der Waals surface area contributed by atoms with Gasteiger partial charge in [0.05, 0.1) is 6.04 Å². The third kappa shape index (κ3) is 3.34. The maximum absolute atomic E-state index is 11.2. The molecule has 1 aromatic heterocycles. The molecule has 2 aromatic rings. The number of aromatic nitrogens is 4. The van der Waals surface area contributed by atoms with Gasteiger partial charge in [0, 0.05) is 39.1 Å². The average molecular weight is 314 g/mol. The van der Waals surface area contributed by atoms with Gasteiger partial charge in [0.15, 0.2) is 5.82 Å². The van der Waals surface area contributed by atoms with Gasteiger partial charge in [-0.3, -0.25) is 4.21 Å². The first kappa shape index (κ1) is 14.9. The Balaban J connectivity index is 2.30. The zero-order valence-electron chi connectivity index (χ0n) is 11.3. The van der Waals surface area contributed by atoms with Gasteiger partial charge < -0.3 is 5.73 Å². The van der Waals surface area contributed by atoms with Crippen molar-refractivity contribution >= 4 is 28.1 Å². The van der Waals surface area contributed by atoms with E-state index in [2.05, 4.69) is 15.5 Å². The van der Waals surface area contributed by atoms with Crippen molar-refractivity contribution in [3.8, 4) is 11.4 Å². The zero-order chi connectivity index (χ0) is 14.7. The molecule has 2 rings (SSSR count). The van der Waals surface area contributed by atoms with Crippen LogP contribution >= 0.6 is 11.6 Å².